The van der Waals surface area contributed by atoms with E-state index in [4.69, 9.17) is 9.84 Å². The number of hydrogen-bond donors (Lipinski definition) is 2. The number of carbonyl (C=O) groups excluding carboxylic acids is 1. The number of rotatable bonds is 2. The molecule has 1 aliphatic heterocycles. The summed E-state index contributed by atoms with van der Waals surface area (Å²) in [5.74, 6) is -0.0544. The summed E-state index contributed by atoms with van der Waals surface area (Å²) in [7, 11) is 0. The van der Waals surface area contributed by atoms with Crippen LogP contribution in [0, 0.1) is 5.92 Å². The first kappa shape index (κ1) is 14.3. The van der Waals surface area contributed by atoms with Crippen LogP contribution in [0.1, 0.15) is 33.6 Å². The molecule has 1 rings (SSSR count). The zero-order valence-corrected chi connectivity index (χ0v) is 10.8. The van der Waals surface area contributed by atoms with E-state index < -0.39 is 11.7 Å². The molecule has 0 aromatic heterocycles. The van der Waals surface area contributed by atoms with Crippen molar-refractivity contribution in [1.82, 2.24) is 4.90 Å². The number of amides is 1. The highest BCUT2D eigenvalue weighted by atomic mass is 16.6. The van der Waals surface area contributed by atoms with Crippen LogP contribution in [0.25, 0.3) is 0 Å². The van der Waals surface area contributed by atoms with E-state index in [1.807, 2.05) is 20.8 Å². The van der Waals surface area contributed by atoms with Gasteiger partial charge in [-0.25, -0.2) is 4.79 Å². The monoisotopic (exact) mass is 245 g/mol. The minimum absolute atomic E-state index is 0.0316. The van der Waals surface area contributed by atoms with Gasteiger partial charge >= 0.3 is 6.09 Å². The van der Waals surface area contributed by atoms with Gasteiger partial charge in [-0.1, -0.05) is 0 Å². The van der Waals surface area contributed by atoms with Gasteiger partial charge in [0.25, 0.3) is 0 Å². The van der Waals surface area contributed by atoms with Crippen LogP contribution in [0.15, 0.2) is 0 Å². The van der Waals surface area contributed by atoms with E-state index in [0.717, 1.165) is 0 Å². The highest BCUT2D eigenvalue weighted by molar-refractivity contribution is 5.68. The Balaban J connectivity index is 2.52. The van der Waals surface area contributed by atoms with Gasteiger partial charge in [0.05, 0.1) is 6.10 Å². The van der Waals surface area contributed by atoms with Crippen molar-refractivity contribution in [2.24, 2.45) is 5.92 Å². The summed E-state index contributed by atoms with van der Waals surface area (Å²) in [5.41, 5.74) is -0.500. The largest absolute Gasteiger partial charge is 0.444 e. The van der Waals surface area contributed by atoms with Crippen molar-refractivity contribution in [3.8, 4) is 0 Å². The van der Waals surface area contributed by atoms with Crippen LogP contribution in [0.3, 0.4) is 0 Å². The Morgan fingerprint density at radius 2 is 2.12 bits per heavy atom. The molecule has 1 amide bonds. The molecule has 2 N–H and O–H groups in total. The first-order valence-electron chi connectivity index (χ1n) is 6.10. The zero-order chi connectivity index (χ0) is 13.1. The molecular weight excluding hydrogens is 222 g/mol. The molecule has 0 aromatic carbocycles. The van der Waals surface area contributed by atoms with Crippen molar-refractivity contribution >= 4 is 6.09 Å². The highest BCUT2D eigenvalue weighted by Gasteiger charge is 2.31. The molecule has 0 aliphatic carbocycles. The van der Waals surface area contributed by atoms with E-state index in [1.54, 1.807) is 4.90 Å². The van der Waals surface area contributed by atoms with Gasteiger partial charge in [-0.15, -0.1) is 0 Å². The minimum Gasteiger partial charge on any atom is -0.444 e. The van der Waals surface area contributed by atoms with Gasteiger partial charge in [-0.3, -0.25) is 0 Å². The van der Waals surface area contributed by atoms with Crippen molar-refractivity contribution < 1.29 is 19.7 Å². The molecule has 1 heterocycles. The van der Waals surface area contributed by atoms with Gasteiger partial charge < -0.3 is 19.8 Å². The number of nitrogens with zero attached hydrogens (tertiary/aromatic N) is 1. The predicted octanol–water partition coefficient (Wildman–Crippen LogP) is 0.987. The summed E-state index contributed by atoms with van der Waals surface area (Å²) < 4.78 is 5.28. The fraction of sp³-hybridized carbons (Fsp3) is 0.917. The maximum atomic E-state index is 11.8. The number of piperidine rings is 1. The van der Waals surface area contributed by atoms with E-state index in [9.17, 15) is 9.90 Å². The van der Waals surface area contributed by atoms with Crippen LogP contribution in [0.2, 0.25) is 0 Å². The summed E-state index contributed by atoms with van der Waals surface area (Å²) in [4.78, 5) is 13.4. The molecule has 17 heavy (non-hydrogen) atoms. The van der Waals surface area contributed by atoms with E-state index in [2.05, 4.69) is 0 Å². The second-order valence-electron chi connectivity index (χ2n) is 5.55. The SMILES string of the molecule is CC(C)(C)OC(=O)N1CC[C@@H](O)[C@@H](CCO)C1. The molecule has 1 saturated heterocycles. The Morgan fingerprint density at radius 1 is 1.47 bits per heavy atom. The van der Waals surface area contributed by atoms with Crippen molar-refractivity contribution in [3.63, 3.8) is 0 Å². The molecule has 5 heteroatoms. The Morgan fingerprint density at radius 3 is 2.65 bits per heavy atom. The maximum Gasteiger partial charge on any atom is 0.410 e. The second-order valence-corrected chi connectivity index (χ2v) is 5.55. The molecule has 0 radical (unpaired) electrons. The van der Waals surface area contributed by atoms with Crippen LogP contribution >= 0.6 is 0 Å². The van der Waals surface area contributed by atoms with Gasteiger partial charge in [0.2, 0.25) is 0 Å². The molecule has 5 nitrogen and oxygen atoms in total. The molecule has 0 unspecified atom stereocenters. The Bertz CT molecular complexity index is 262. The third-order valence-corrected chi connectivity index (χ3v) is 2.85. The zero-order valence-electron chi connectivity index (χ0n) is 10.8. The van der Waals surface area contributed by atoms with Crippen molar-refractivity contribution in [3.05, 3.63) is 0 Å². The molecule has 1 fully saturated rings. The first-order chi connectivity index (χ1) is 7.83. The van der Waals surface area contributed by atoms with Crippen LogP contribution in [0.5, 0.6) is 0 Å². The molecule has 1 aliphatic rings. The lowest BCUT2D eigenvalue weighted by molar-refractivity contribution is -0.0130. The maximum absolute atomic E-state index is 11.8. The quantitative estimate of drug-likeness (QED) is 0.761. The number of carbonyl (C=O) groups is 1. The average molecular weight is 245 g/mol. The van der Waals surface area contributed by atoms with Crippen molar-refractivity contribution in [2.75, 3.05) is 19.7 Å². The van der Waals surface area contributed by atoms with Gasteiger partial charge in [-0.2, -0.15) is 0 Å². The van der Waals surface area contributed by atoms with Crippen LogP contribution in [0.4, 0.5) is 4.79 Å². The predicted molar refractivity (Wildman–Crippen MR) is 63.6 cm³/mol. The molecule has 0 saturated carbocycles. The first-order valence-corrected chi connectivity index (χ1v) is 6.10. The van der Waals surface area contributed by atoms with E-state index in [-0.39, 0.29) is 18.6 Å². The Labute approximate surface area is 102 Å². The summed E-state index contributed by atoms with van der Waals surface area (Å²) in [6, 6.07) is 0. The van der Waals surface area contributed by atoms with Crippen LogP contribution < -0.4 is 0 Å². The van der Waals surface area contributed by atoms with E-state index >= 15 is 0 Å². The number of ether oxygens (including phenoxy) is 1. The van der Waals surface area contributed by atoms with Gasteiger partial charge in [0, 0.05) is 25.6 Å². The third-order valence-electron chi connectivity index (χ3n) is 2.85. The lowest BCUT2D eigenvalue weighted by Gasteiger charge is -2.36. The summed E-state index contributed by atoms with van der Waals surface area (Å²) >= 11 is 0. The topological polar surface area (TPSA) is 70.0 Å². The lowest BCUT2D eigenvalue weighted by Crippen LogP contribution is -2.47. The number of likely N-dealkylation sites (tertiary alicyclic amines) is 1. The summed E-state index contributed by atoms with van der Waals surface area (Å²) in [6.45, 7) is 6.48. The molecular formula is C12H23NO4. The summed E-state index contributed by atoms with van der Waals surface area (Å²) in [6.07, 6.45) is 0.290. The van der Waals surface area contributed by atoms with E-state index in [0.29, 0.717) is 25.9 Å². The van der Waals surface area contributed by atoms with Crippen LogP contribution in [-0.2, 0) is 4.74 Å². The molecule has 0 aromatic rings. The molecule has 0 bridgehead atoms. The van der Waals surface area contributed by atoms with Crippen LogP contribution in [-0.4, -0.2) is 52.6 Å². The standard InChI is InChI=1S/C12H23NO4/c1-12(2,3)17-11(16)13-6-4-10(15)9(8-13)5-7-14/h9-10,14-15H,4-8H2,1-3H3/t9-,10+/m0/s1. The second kappa shape index (κ2) is 5.69. The number of aliphatic hydroxyl groups excluding tert-OH is 2. The Kier molecular flexibility index (Phi) is 4.77. The van der Waals surface area contributed by atoms with Gasteiger partial charge in [-0.05, 0) is 33.6 Å². The fourth-order valence-electron chi connectivity index (χ4n) is 1.96. The molecule has 0 spiro atoms. The molecule has 100 valence electrons. The third kappa shape index (κ3) is 4.52. The average Bonchev–Trinajstić information content (AvgIpc) is 2.19. The molecule has 2 atom stereocenters. The van der Waals surface area contributed by atoms with Gasteiger partial charge in [0.1, 0.15) is 5.60 Å². The fourth-order valence-corrected chi connectivity index (χ4v) is 1.96. The highest BCUT2D eigenvalue weighted by Crippen LogP contribution is 2.21. The van der Waals surface area contributed by atoms with Crippen molar-refractivity contribution in [1.29, 1.82) is 0 Å². The van der Waals surface area contributed by atoms with Gasteiger partial charge in [0.15, 0.2) is 0 Å². The minimum atomic E-state index is -0.500. The summed E-state index contributed by atoms with van der Waals surface area (Å²) in [5, 5.41) is 18.6. The Hall–Kier alpha value is -0.810. The normalized spacial score (nSPS) is 25.8. The number of hydrogen-bond acceptors (Lipinski definition) is 4. The smallest absolute Gasteiger partial charge is 0.410 e. The van der Waals surface area contributed by atoms with Crippen molar-refractivity contribution in [2.45, 2.75) is 45.3 Å². The lowest BCUT2D eigenvalue weighted by atomic mass is 9.92. The van der Waals surface area contributed by atoms with E-state index in [1.165, 1.54) is 0 Å². The number of aliphatic hydroxyl groups is 2.